The van der Waals surface area contributed by atoms with Crippen molar-refractivity contribution in [2.75, 3.05) is 31.1 Å². The Bertz CT molecular complexity index is 1450. The normalized spacial score (nSPS) is 17.2. The second-order valence-corrected chi connectivity index (χ2v) is 9.57. The molecule has 0 radical (unpaired) electrons. The van der Waals surface area contributed by atoms with E-state index in [0.717, 1.165) is 61.3 Å². The van der Waals surface area contributed by atoms with Crippen molar-refractivity contribution in [3.05, 3.63) is 54.4 Å². The quantitative estimate of drug-likeness (QED) is 0.490. The van der Waals surface area contributed by atoms with Crippen LogP contribution in [0, 0.1) is 22.6 Å². The topological polar surface area (TPSA) is 95.5 Å². The molecule has 2 saturated heterocycles. The molecule has 6 rings (SSSR count). The van der Waals surface area contributed by atoms with Crippen LogP contribution in [0.1, 0.15) is 24.8 Å². The van der Waals surface area contributed by atoms with Gasteiger partial charge in [-0.1, -0.05) is 6.07 Å². The first-order valence-corrected chi connectivity index (χ1v) is 11.9. The minimum absolute atomic E-state index is 0.00709. The van der Waals surface area contributed by atoms with E-state index in [1.807, 2.05) is 23.8 Å². The summed E-state index contributed by atoms with van der Waals surface area (Å²) in [6.45, 7) is 3.96. The van der Waals surface area contributed by atoms with Crippen molar-refractivity contribution in [1.82, 2.24) is 29.8 Å². The van der Waals surface area contributed by atoms with Gasteiger partial charge >= 0.3 is 0 Å². The molecule has 9 heteroatoms. The highest BCUT2D eigenvalue weighted by Crippen LogP contribution is 2.39. The number of nitriles is 1. The maximum absolute atomic E-state index is 14.6. The Morgan fingerprint density at radius 3 is 2.66 bits per heavy atom. The summed E-state index contributed by atoms with van der Waals surface area (Å²) in [6, 6.07) is 8.44. The van der Waals surface area contributed by atoms with Crippen LogP contribution < -0.4 is 10.2 Å². The zero-order valence-electron chi connectivity index (χ0n) is 19.5. The van der Waals surface area contributed by atoms with Crippen molar-refractivity contribution >= 4 is 17.1 Å². The van der Waals surface area contributed by atoms with E-state index in [0.29, 0.717) is 22.6 Å². The number of anilines is 1. The third kappa shape index (κ3) is 3.80. The smallest absolute Gasteiger partial charge is 0.225 e. The van der Waals surface area contributed by atoms with Crippen molar-refractivity contribution in [3.8, 4) is 28.5 Å². The number of piperidine rings is 1. The van der Waals surface area contributed by atoms with E-state index in [1.165, 1.54) is 18.6 Å². The summed E-state index contributed by atoms with van der Waals surface area (Å²) in [7, 11) is 1.90. The molecule has 3 aromatic heterocycles. The molecule has 2 aliphatic rings. The van der Waals surface area contributed by atoms with Gasteiger partial charge in [-0.2, -0.15) is 5.26 Å². The van der Waals surface area contributed by atoms with Crippen molar-refractivity contribution < 1.29 is 4.39 Å². The predicted molar refractivity (Wildman–Crippen MR) is 131 cm³/mol. The van der Waals surface area contributed by atoms with E-state index in [-0.39, 0.29) is 5.56 Å². The van der Waals surface area contributed by atoms with Gasteiger partial charge in [-0.05, 0) is 49.4 Å². The van der Waals surface area contributed by atoms with Crippen molar-refractivity contribution in [2.45, 2.75) is 19.3 Å². The Balaban J connectivity index is 1.42. The highest BCUT2D eigenvalue weighted by Gasteiger charge is 2.37. The lowest BCUT2D eigenvalue weighted by molar-refractivity contribution is 0.246. The molecule has 0 unspecified atom stereocenters. The fourth-order valence-corrected chi connectivity index (χ4v) is 5.28. The van der Waals surface area contributed by atoms with Crippen LogP contribution in [0.25, 0.3) is 33.5 Å². The molecule has 8 nitrogen and oxygen atoms in total. The van der Waals surface area contributed by atoms with E-state index in [2.05, 4.69) is 20.2 Å². The zero-order chi connectivity index (χ0) is 24.0. The lowest BCUT2D eigenvalue weighted by Gasteiger charge is -2.39. The highest BCUT2D eigenvalue weighted by molar-refractivity contribution is 5.85. The Kier molecular flexibility index (Phi) is 5.19. The molecule has 1 spiro atoms. The summed E-state index contributed by atoms with van der Waals surface area (Å²) >= 11 is 0. The number of hydrogen-bond acceptors (Lipinski definition) is 7. The van der Waals surface area contributed by atoms with Gasteiger partial charge in [0.05, 0.1) is 17.6 Å². The summed E-state index contributed by atoms with van der Waals surface area (Å²) in [5, 5.41) is 12.7. The summed E-state index contributed by atoms with van der Waals surface area (Å²) in [6.07, 6.45) is 8.71. The zero-order valence-corrected chi connectivity index (χ0v) is 19.5. The number of pyridine rings is 1. The number of hydrogen-bond donors (Lipinski definition) is 1. The molecule has 2 aliphatic heterocycles. The number of halogens is 1. The Morgan fingerprint density at radius 2 is 1.91 bits per heavy atom. The molecule has 0 bridgehead atoms. The third-order valence-corrected chi connectivity index (χ3v) is 7.44. The number of rotatable bonds is 3. The van der Waals surface area contributed by atoms with E-state index in [1.54, 1.807) is 24.8 Å². The van der Waals surface area contributed by atoms with Gasteiger partial charge in [-0.25, -0.2) is 24.3 Å². The van der Waals surface area contributed by atoms with Crippen molar-refractivity contribution in [2.24, 2.45) is 12.5 Å². The molecule has 0 atom stereocenters. The van der Waals surface area contributed by atoms with Gasteiger partial charge in [0.1, 0.15) is 17.4 Å². The standard InChI is InChI=1S/C26H25FN8/c1-34-16-32-22-11-19(13-30-24(22)34)20-14-31-25(35-8-5-26(6-9-35)4-7-29-15-26)33-23(20)17-2-3-18(12-28)21(27)10-17/h2-3,10-11,13-14,16,29H,4-9,15H2,1H3. The number of nitrogens with one attached hydrogen (secondary N) is 1. The van der Waals surface area contributed by atoms with Gasteiger partial charge in [0.2, 0.25) is 5.95 Å². The summed E-state index contributed by atoms with van der Waals surface area (Å²) in [5.41, 5.74) is 4.68. The van der Waals surface area contributed by atoms with Gasteiger partial charge in [0, 0.05) is 55.8 Å². The fourth-order valence-electron chi connectivity index (χ4n) is 5.28. The van der Waals surface area contributed by atoms with Crippen LogP contribution in [-0.2, 0) is 7.05 Å². The molecule has 2 fully saturated rings. The molecular weight excluding hydrogens is 443 g/mol. The van der Waals surface area contributed by atoms with Gasteiger partial charge < -0.3 is 14.8 Å². The average Bonchev–Trinajstić information content (AvgIpc) is 3.50. The van der Waals surface area contributed by atoms with Crippen LogP contribution in [0.15, 0.2) is 43.0 Å². The average molecular weight is 469 g/mol. The van der Waals surface area contributed by atoms with Crippen molar-refractivity contribution in [1.29, 1.82) is 5.26 Å². The first-order chi connectivity index (χ1) is 17.0. The summed E-state index contributed by atoms with van der Waals surface area (Å²) in [4.78, 5) is 20.9. The van der Waals surface area contributed by atoms with Crippen LogP contribution in [-0.4, -0.2) is 50.7 Å². The maximum Gasteiger partial charge on any atom is 0.225 e. The SMILES string of the molecule is Cn1cnc2cc(-c3cnc(N4CCC5(CCNC5)CC4)nc3-c3ccc(C#N)c(F)c3)cnc21. The van der Waals surface area contributed by atoms with Crippen molar-refractivity contribution in [3.63, 3.8) is 0 Å². The molecule has 0 saturated carbocycles. The summed E-state index contributed by atoms with van der Waals surface area (Å²) < 4.78 is 16.5. The lowest BCUT2D eigenvalue weighted by atomic mass is 9.78. The van der Waals surface area contributed by atoms with Crippen LogP contribution in [0.4, 0.5) is 10.3 Å². The number of aryl methyl sites for hydroxylation is 1. The number of fused-ring (bicyclic) bond motifs is 1. The molecule has 4 aromatic rings. The molecule has 1 N–H and O–H groups in total. The first-order valence-electron chi connectivity index (χ1n) is 11.9. The highest BCUT2D eigenvalue weighted by atomic mass is 19.1. The van der Waals surface area contributed by atoms with Gasteiger partial charge in [0.15, 0.2) is 5.65 Å². The molecular formula is C26H25FN8. The second-order valence-electron chi connectivity index (χ2n) is 9.57. The van der Waals surface area contributed by atoms with Gasteiger partial charge in [-0.3, -0.25) is 0 Å². The molecule has 0 amide bonds. The van der Waals surface area contributed by atoms with Gasteiger partial charge in [-0.15, -0.1) is 0 Å². The molecule has 1 aromatic carbocycles. The number of nitrogens with zero attached hydrogens (tertiary/aromatic N) is 7. The van der Waals surface area contributed by atoms with Crippen LogP contribution in [0.5, 0.6) is 0 Å². The largest absolute Gasteiger partial charge is 0.341 e. The fraction of sp³-hybridized carbons (Fsp3) is 0.346. The first kappa shape index (κ1) is 21.6. The molecule has 176 valence electrons. The maximum atomic E-state index is 14.6. The second kappa shape index (κ2) is 8.40. The van der Waals surface area contributed by atoms with Crippen LogP contribution >= 0.6 is 0 Å². The molecule has 0 aliphatic carbocycles. The Hall–Kier alpha value is -3.90. The van der Waals surface area contributed by atoms with E-state index < -0.39 is 5.82 Å². The van der Waals surface area contributed by atoms with Crippen LogP contribution in [0.3, 0.4) is 0 Å². The predicted octanol–water partition coefficient (Wildman–Crippen LogP) is 3.68. The van der Waals surface area contributed by atoms with E-state index >= 15 is 0 Å². The third-order valence-electron chi connectivity index (χ3n) is 7.44. The number of imidazole rings is 1. The van der Waals surface area contributed by atoms with Gasteiger partial charge in [0.25, 0.3) is 0 Å². The minimum atomic E-state index is -0.567. The molecule has 35 heavy (non-hydrogen) atoms. The van der Waals surface area contributed by atoms with E-state index in [9.17, 15) is 9.65 Å². The number of benzene rings is 1. The Morgan fingerprint density at radius 1 is 1.06 bits per heavy atom. The van der Waals surface area contributed by atoms with E-state index in [4.69, 9.17) is 9.97 Å². The lowest BCUT2D eigenvalue weighted by Crippen LogP contribution is -2.42. The van der Waals surface area contributed by atoms with Crippen LogP contribution in [0.2, 0.25) is 0 Å². The number of aromatic nitrogens is 5. The monoisotopic (exact) mass is 468 g/mol. The summed E-state index contributed by atoms with van der Waals surface area (Å²) in [5.74, 6) is 0.0734. The Labute approximate surface area is 202 Å². The minimum Gasteiger partial charge on any atom is -0.341 e. The molecule has 5 heterocycles.